The van der Waals surface area contributed by atoms with Gasteiger partial charge in [0.15, 0.2) is 6.29 Å². The molecule has 14 nitrogen and oxygen atoms in total. The van der Waals surface area contributed by atoms with Gasteiger partial charge in [-0.3, -0.25) is 9.59 Å². The van der Waals surface area contributed by atoms with Crippen LogP contribution in [0.25, 0.3) is 0 Å². The van der Waals surface area contributed by atoms with Crippen molar-refractivity contribution in [1.82, 2.24) is 4.90 Å². The highest BCUT2D eigenvalue weighted by atomic mass is 16.7. The van der Waals surface area contributed by atoms with Crippen LogP contribution in [0.15, 0.2) is 35.5 Å². The maximum Gasteiger partial charge on any atom is 0.312 e. The molecule has 3 rings (SSSR count). The average molecular weight is 865 g/mol. The number of hydrogen-bond donors (Lipinski definition) is 4. The summed E-state index contributed by atoms with van der Waals surface area (Å²) in [4.78, 5) is 35.6. The van der Waals surface area contributed by atoms with Crippen molar-refractivity contribution in [3.63, 3.8) is 0 Å². The van der Waals surface area contributed by atoms with Crippen LogP contribution >= 0.6 is 0 Å². The van der Waals surface area contributed by atoms with Crippen LogP contribution in [-0.2, 0) is 33.4 Å². The molecule has 1 aromatic rings. The van der Waals surface area contributed by atoms with E-state index < -0.39 is 83.6 Å². The Morgan fingerprint density at radius 1 is 0.918 bits per heavy atom. The highest BCUT2D eigenvalue weighted by molar-refractivity contribution is 5.88. The van der Waals surface area contributed by atoms with Gasteiger partial charge in [0.05, 0.1) is 42.1 Å². The van der Waals surface area contributed by atoms with Crippen molar-refractivity contribution in [1.29, 1.82) is 0 Å². The van der Waals surface area contributed by atoms with E-state index >= 15 is 0 Å². The molecular weight excluding hydrogens is 785 g/mol. The normalized spacial score (nSPS) is 36.3. The predicted molar refractivity (Wildman–Crippen MR) is 234 cm³/mol. The van der Waals surface area contributed by atoms with Crippen molar-refractivity contribution in [2.24, 2.45) is 28.8 Å². The average Bonchev–Trinajstić information content (AvgIpc) is 3.21. The van der Waals surface area contributed by atoms with Gasteiger partial charge in [-0.25, -0.2) is 0 Å². The van der Waals surface area contributed by atoms with Crippen molar-refractivity contribution in [3.05, 3.63) is 30.3 Å². The van der Waals surface area contributed by atoms with Gasteiger partial charge in [-0.05, 0) is 79.6 Å². The molecule has 1 unspecified atom stereocenters. The maximum atomic E-state index is 14.2. The van der Waals surface area contributed by atoms with E-state index in [-0.39, 0.29) is 38.0 Å². The van der Waals surface area contributed by atoms with Crippen LogP contribution in [0.5, 0.6) is 5.75 Å². The molecule has 2 saturated heterocycles. The molecule has 14 heteroatoms. The highest BCUT2D eigenvalue weighted by Crippen LogP contribution is 2.39. The first-order valence-electron chi connectivity index (χ1n) is 22.8. The minimum atomic E-state index is -1.95. The first kappa shape index (κ1) is 52.5. The molecule has 0 spiro atoms. The van der Waals surface area contributed by atoms with Crippen LogP contribution in [0, 0.1) is 23.7 Å². The van der Waals surface area contributed by atoms with E-state index in [0.29, 0.717) is 31.6 Å². The lowest BCUT2D eigenvalue weighted by atomic mass is 9.73. The smallest absolute Gasteiger partial charge is 0.312 e. The Morgan fingerprint density at radius 3 is 2.21 bits per heavy atom. The Balaban J connectivity index is 2.08. The third-order valence-corrected chi connectivity index (χ3v) is 12.6. The van der Waals surface area contributed by atoms with Gasteiger partial charge in [-0.2, -0.15) is 0 Å². The zero-order chi connectivity index (χ0) is 45.5. The van der Waals surface area contributed by atoms with Crippen molar-refractivity contribution in [3.8, 4) is 5.75 Å². The van der Waals surface area contributed by atoms with Gasteiger partial charge in [0.25, 0.3) is 0 Å². The van der Waals surface area contributed by atoms with Gasteiger partial charge in [0, 0.05) is 36.6 Å². The van der Waals surface area contributed by atoms with E-state index in [9.17, 15) is 30.0 Å². The quantitative estimate of drug-likeness (QED) is 0.0719. The molecule has 350 valence electrons. The number of carbonyl (C=O) groups is 2. The third kappa shape index (κ3) is 15.1. The lowest BCUT2D eigenvalue weighted by Crippen LogP contribution is -2.60. The standard InChI is InChI=1S/C47H80N2O12/c1-12-14-15-16-17-21-25-38(50)60-41-33(6)43(61-45-40(51)36(49(10)11)28-31(4)58-45)46(8,54)29-30(3)39(48-57-27-22-26-56-35-23-19-18-20-24-35)32(5)42(52)47(9,55)37(13-2)59-44(53)34(41)7/h18-20,23-24,30-34,36-37,40-43,45,51-52,54-55H,12-17,21-22,25-29H2,1-11H3/b48-39+/t30-,31-,32-,33+,34-,36+,37+,40-,41+,42-,43-,45+,46?,47-/m1/s1. The van der Waals surface area contributed by atoms with Gasteiger partial charge >= 0.3 is 11.9 Å². The number of aliphatic hydroxyl groups is 4. The van der Waals surface area contributed by atoms with Gasteiger partial charge in [-0.1, -0.05) is 90.1 Å². The Kier molecular flexibility index (Phi) is 21.4. The monoisotopic (exact) mass is 865 g/mol. The van der Waals surface area contributed by atoms with Crippen LogP contribution in [0.2, 0.25) is 0 Å². The molecule has 2 aliphatic heterocycles. The first-order valence-corrected chi connectivity index (χ1v) is 22.8. The molecule has 4 N–H and O–H groups in total. The molecule has 14 atom stereocenters. The van der Waals surface area contributed by atoms with Crippen molar-refractivity contribution in [2.45, 2.75) is 193 Å². The number of rotatable bonds is 18. The second kappa shape index (κ2) is 24.9. The third-order valence-electron chi connectivity index (χ3n) is 12.6. The van der Waals surface area contributed by atoms with Gasteiger partial charge < -0.3 is 53.8 Å². The molecule has 0 aromatic heterocycles. The fourth-order valence-electron chi connectivity index (χ4n) is 9.00. The fraction of sp³-hybridized carbons (Fsp3) is 0.809. The zero-order valence-corrected chi connectivity index (χ0v) is 39.0. The van der Waals surface area contributed by atoms with E-state index in [1.807, 2.05) is 63.2 Å². The van der Waals surface area contributed by atoms with Crippen molar-refractivity contribution in [2.75, 3.05) is 27.3 Å². The number of nitrogens with zero attached hydrogens (tertiary/aromatic N) is 2. The summed E-state index contributed by atoms with van der Waals surface area (Å²) in [6, 6.07) is 9.09. The number of unbranched alkanes of at least 4 members (excludes halogenated alkanes) is 5. The molecule has 0 aliphatic carbocycles. The minimum absolute atomic E-state index is 0.00947. The molecule has 0 bridgehead atoms. The molecule has 0 saturated carbocycles. The number of hydrogen-bond acceptors (Lipinski definition) is 14. The van der Waals surface area contributed by atoms with Crippen LogP contribution in [0.3, 0.4) is 0 Å². The summed E-state index contributed by atoms with van der Waals surface area (Å²) in [7, 11) is 3.74. The summed E-state index contributed by atoms with van der Waals surface area (Å²) < 4.78 is 31.0. The van der Waals surface area contributed by atoms with Crippen LogP contribution in [0.1, 0.15) is 133 Å². The Bertz CT molecular complexity index is 1470. The molecule has 0 amide bonds. The lowest BCUT2D eigenvalue weighted by molar-refractivity contribution is -0.299. The van der Waals surface area contributed by atoms with Gasteiger partial charge in [0.2, 0.25) is 0 Å². The summed E-state index contributed by atoms with van der Waals surface area (Å²) in [5.74, 6) is -3.91. The van der Waals surface area contributed by atoms with E-state index in [0.717, 1.165) is 37.9 Å². The van der Waals surface area contributed by atoms with Crippen molar-refractivity contribution < 1.29 is 58.5 Å². The number of esters is 2. The van der Waals surface area contributed by atoms with Gasteiger partial charge in [0.1, 0.15) is 36.3 Å². The highest BCUT2D eigenvalue weighted by Gasteiger charge is 2.52. The lowest BCUT2D eigenvalue weighted by Gasteiger charge is -2.47. The molecule has 61 heavy (non-hydrogen) atoms. The minimum Gasteiger partial charge on any atom is -0.493 e. The summed E-state index contributed by atoms with van der Waals surface area (Å²) in [6.07, 6.45) is -0.453. The second-order valence-electron chi connectivity index (χ2n) is 18.4. The number of para-hydroxylation sites is 1. The molecule has 0 radical (unpaired) electrons. The summed E-state index contributed by atoms with van der Waals surface area (Å²) in [6.45, 7) is 16.3. The van der Waals surface area contributed by atoms with Crippen LogP contribution in [-0.4, -0.2) is 130 Å². The zero-order valence-electron chi connectivity index (χ0n) is 39.0. The number of ether oxygens (including phenoxy) is 5. The SMILES string of the molecule is CCCCCCCCC(=O)O[C@H]1[C@H](C)[C@@H](O[C@@H]2O[C@H](C)C[C@H](N(C)C)[C@H]2O)C(C)(O)C[C@@H](C)/C(=N\OCCCOc2ccccc2)[C@@H](C)[C@@H](O)[C@](C)(O)[C@H](CC)OC(=O)[C@@H]1C. The number of aliphatic hydroxyl groups excluding tert-OH is 2. The van der Waals surface area contributed by atoms with E-state index in [1.54, 1.807) is 34.6 Å². The topological polar surface area (TPSA) is 186 Å². The summed E-state index contributed by atoms with van der Waals surface area (Å²) in [5, 5.41) is 52.8. The number of carbonyl (C=O) groups excluding carboxylic acids is 2. The number of benzene rings is 1. The van der Waals surface area contributed by atoms with Crippen molar-refractivity contribution >= 4 is 17.7 Å². The summed E-state index contributed by atoms with van der Waals surface area (Å²) >= 11 is 0. The maximum absolute atomic E-state index is 14.2. The molecule has 2 heterocycles. The summed E-state index contributed by atoms with van der Waals surface area (Å²) in [5.41, 5.74) is -3.35. The predicted octanol–water partition coefficient (Wildman–Crippen LogP) is 6.43. The molecule has 2 aliphatic rings. The van der Waals surface area contributed by atoms with E-state index in [1.165, 1.54) is 6.92 Å². The Hall–Kier alpha value is -2.85. The van der Waals surface area contributed by atoms with Gasteiger partial charge in [-0.15, -0.1) is 0 Å². The number of cyclic esters (lactones) is 1. The first-order chi connectivity index (χ1) is 28.8. The Labute approximate surface area is 365 Å². The van der Waals surface area contributed by atoms with Crippen LogP contribution in [0.4, 0.5) is 0 Å². The van der Waals surface area contributed by atoms with E-state index in [4.69, 9.17) is 28.5 Å². The number of likely N-dealkylation sites (N-methyl/N-ethyl adjacent to an activating group) is 1. The second-order valence-corrected chi connectivity index (χ2v) is 18.4. The largest absolute Gasteiger partial charge is 0.493 e. The Morgan fingerprint density at radius 2 is 1.57 bits per heavy atom. The molecular formula is C47H80N2O12. The number of oxime groups is 1. The fourth-order valence-corrected chi connectivity index (χ4v) is 9.00. The van der Waals surface area contributed by atoms with E-state index in [2.05, 4.69) is 12.1 Å². The van der Waals surface area contributed by atoms with Crippen LogP contribution < -0.4 is 4.74 Å². The molecule has 2 fully saturated rings. The molecule has 1 aromatic carbocycles.